The van der Waals surface area contributed by atoms with Crippen LogP contribution in [-0.4, -0.2) is 31.0 Å². The molecule has 0 aliphatic rings. The van der Waals surface area contributed by atoms with Crippen molar-refractivity contribution in [1.29, 1.82) is 0 Å². The maximum atomic E-state index is 11.3. The molecule has 2 aromatic rings. The minimum absolute atomic E-state index is 0.329. The second-order valence-corrected chi connectivity index (χ2v) is 5.75. The average molecular weight is 328 g/mol. The number of primary amides is 1. The molecule has 0 radical (unpaired) electrons. The van der Waals surface area contributed by atoms with E-state index in [4.69, 9.17) is 15.2 Å². The maximum Gasteiger partial charge on any atom is 0.234 e. The van der Waals surface area contributed by atoms with Gasteiger partial charge >= 0.3 is 0 Å². The molecule has 2 N–H and O–H groups in total. The van der Waals surface area contributed by atoms with Crippen molar-refractivity contribution in [3.05, 3.63) is 59.7 Å². The summed E-state index contributed by atoms with van der Waals surface area (Å²) in [5.74, 6) is 1.02. The number of hydrogen-bond donors (Lipinski definition) is 1. The van der Waals surface area contributed by atoms with Gasteiger partial charge in [-0.3, -0.25) is 9.69 Å². The van der Waals surface area contributed by atoms with Gasteiger partial charge in [-0.05, 0) is 37.2 Å². The largest absolute Gasteiger partial charge is 0.493 e. The van der Waals surface area contributed by atoms with Crippen molar-refractivity contribution in [3.63, 3.8) is 0 Å². The molecule has 0 aromatic heterocycles. The Balaban J connectivity index is 2.05. The van der Waals surface area contributed by atoms with Crippen LogP contribution in [0.1, 0.15) is 18.1 Å². The van der Waals surface area contributed by atoms with Crippen LogP contribution in [0.3, 0.4) is 0 Å². The van der Waals surface area contributed by atoms with Gasteiger partial charge in [0.25, 0.3) is 0 Å². The highest BCUT2D eigenvalue weighted by Crippen LogP contribution is 2.29. The molecule has 5 heteroatoms. The Morgan fingerprint density at radius 3 is 2.46 bits per heavy atom. The molecule has 1 atom stereocenters. The number of carbonyl (C=O) groups excluding carboxylic acids is 1. The molecule has 0 aliphatic heterocycles. The molecule has 2 aromatic carbocycles. The zero-order chi connectivity index (χ0) is 17.5. The number of rotatable bonds is 8. The second-order valence-electron chi connectivity index (χ2n) is 5.75. The molecule has 0 aliphatic carbocycles. The first-order valence-electron chi connectivity index (χ1n) is 7.84. The quantitative estimate of drug-likeness (QED) is 0.809. The number of likely N-dealkylation sites (N-methyl/N-ethyl adjacent to an activating group) is 1. The minimum Gasteiger partial charge on any atom is -0.493 e. The molecule has 0 unspecified atom stereocenters. The molecule has 1 amide bonds. The Kier molecular flexibility index (Phi) is 6.21. The normalized spacial score (nSPS) is 12.0. The lowest BCUT2D eigenvalue weighted by Gasteiger charge is -2.22. The number of benzene rings is 2. The number of methoxy groups -OCH3 is 1. The van der Waals surface area contributed by atoms with Crippen molar-refractivity contribution < 1.29 is 14.3 Å². The van der Waals surface area contributed by atoms with Crippen LogP contribution in [0, 0.1) is 0 Å². The summed E-state index contributed by atoms with van der Waals surface area (Å²) in [7, 11) is 3.48. The van der Waals surface area contributed by atoms with Crippen molar-refractivity contribution in [2.75, 3.05) is 14.2 Å². The standard InChI is InChI=1S/C19H24N2O3/c1-14(19(20)22)21(2)12-16-9-10-17(18(11-16)23-3)24-13-15-7-5-4-6-8-15/h4-11,14H,12-13H2,1-3H3,(H2,20,22)/t14-/m1/s1. The molecule has 2 rings (SSSR count). The van der Waals surface area contributed by atoms with Crippen molar-refractivity contribution in [2.24, 2.45) is 5.73 Å². The molecule has 0 fully saturated rings. The van der Waals surface area contributed by atoms with Crippen LogP contribution < -0.4 is 15.2 Å². The Morgan fingerprint density at radius 2 is 1.83 bits per heavy atom. The van der Waals surface area contributed by atoms with E-state index in [1.807, 2.05) is 60.5 Å². The molecule has 0 spiro atoms. The molecule has 24 heavy (non-hydrogen) atoms. The highest BCUT2D eigenvalue weighted by molar-refractivity contribution is 5.79. The highest BCUT2D eigenvalue weighted by atomic mass is 16.5. The number of ether oxygens (including phenoxy) is 2. The molecular formula is C19H24N2O3. The van der Waals surface area contributed by atoms with Crippen LogP contribution in [0.5, 0.6) is 11.5 Å². The first kappa shape index (κ1) is 17.8. The van der Waals surface area contributed by atoms with Gasteiger partial charge in [0.15, 0.2) is 11.5 Å². The van der Waals surface area contributed by atoms with Gasteiger partial charge in [-0.1, -0.05) is 36.4 Å². The van der Waals surface area contributed by atoms with Crippen molar-refractivity contribution >= 4 is 5.91 Å². The number of nitrogens with two attached hydrogens (primary N) is 1. The second kappa shape index (κ2) is 8.36. The van der Waals surface area contributed by atoms with E-state index in [9.17, 15) is 4.79 Å². The fourth-order valence-electron chi connectivity index (χ4n) is 2.31. The summed E-state index contributed by atoms with van der Waals surface area (Å²) in [5.41, 5.74) is 7.46. The van der Waals surface area contributed by atoms with Crippen molar-refractivity contribution in [1.82, 2.24) is 4.90 Å². The fraction of sp³-hybridized carbons (Fsp3) is 0.316. The zero-order valence-corrected chi connectivity index (χ0v) is 14.4. The number of amides is 1. The molecule has 128 valence electrons. The van der Waals surface area contributed by atoms with Crippen LogP contribution in [0.25, 0.3) is 0 Å². The summed E-state index contributed by atoms with van der Waals surface area (Å²) in [6.07, 6.45) is 0. The van der Waals surface area contributed by atoms with E-state index in [-0.39, 0.29) is 11.9 Å². The third-order valence-corrected chi connectivity index (χ3v) is 3.97. The Bertz CT molecular complexity index is 674. The summed E-state index contributed by atoms with van der Waals surface area (Å²) in [6.45, 7) is 2.87. The van der Waals surface area contributed by atoms with Gasteiger partial charge in [-0.15, -0.1) is 0 Å². The van der Waals surface area contributed by atoms with Gasteiger partial charge in [0.1, 0.15) is 6.61 Å². The molecule has 0 saturated heterocycles. The average Bonchev–Trinajstić information content (AvgIpc) is 2.60. The van der Waals surface area contributed by atoms with E-state index < -0.39 is 0 Å². The van der Waals surface area contributed by atoms with Crippen LogP contribution in [0.15, 0.2) is 48.5 Å². The summed E-state index contributed by atoms with van der Waals surface area (Å²) in [5, 5.41) is 0. The Morgan fingerprint density at radius 1 is 1.12 bits per heavy atom. The van der Waals surface area contributed by atoms with Gasteiger partial charge in [0.2, 0.25) is 5.91 Å². The Labute approximate surface area is 143 Å². The lowest BCUT2D eigenvalue weighted by Crippen LogP contribution is -2.39. The zero-order valence-electron chi connectivity index (χ0n) is 14.4. The molecular weight excluding hydrogens is 304 g/mol. The van der Waals surface area contributed by atoms with Gasteiger partial charge in [-0.25, -0.2) is 0 Å². The smallest absolute Gasteiger partial charge is 0.234 e. The van der Waals surface area contributed by atoms with E-state index in [1.54, 1.807) is 14.0 Å². The molecule has 5 nitrogen and oxygen atoms in total. The lowest BCUT2D eigenvalue weighted by molar-refractivity contribution is -0.122. The predicted octanol–water partition coefficient (Wildman–Crippen LogP) is 2.58. The highest BCUT2D eigenvalue weighted by Gasteiger charge is 2.15. The van der Waals surface area contributed by atoms with Crippen LogP contribution >= 0.6 is 0 Å². The first-order chi connectivity index (χ1) is 11.5. The van der Waals surface area contributed by atoms with Gasteiger partial charge < -0.3 is 15.2 Å². The predicted molar refractivity (Wildman–Crippen MR) is 93.9 cm³/mol. The summed E-state index contributed by atoms with van der Waals surface area (Å²) in [4.78, 5) is 13.2. The Hall–Kier alpha value is -2.53. The fourth-order valence-corrected chi connectivity index (χ4v) is 2.31. The lowest BCUT2D eigenvalue weighted by atomic mass is 10.1. The van der Waals surface area contributed by atoms with Gasteiger partial charge in [0.05, 0.1) is 13.2 Å². The summed E-state index contributed by atoms with van der Waals surface area (Å²) in [6, 6.07) is 15.4. The minimum atomic E-state index is -0.340. The monoisotopic (exact) mass is 328 g/mol. The summed E-state index contributed by atoms with van der Waals surface area (Å²) < 4.78 is 11.3. The number of nitrogens with zero attached hydrogens (tertiary/aromatic N) is 1. The van der Waals surface area contributed by atoms with E-state index in [1.165, 1.54) is 0 Å². The molecule has 0 heterocycles. The first-order valence-corrected chi connectivity index (χ1v) is 7.84. The number of carbonyl (C=O) groups is 1. The third-order valence-electron chi connectivity index (χ3n) is 3.97. The van der Waals surface area contributed by atoms with Gasteiger partial charge in [0, 0.05) is 6.54 Å². The maximum absolute atomic E-state index is 11.3. The molecule has 0 bridgehead atoms. The SMILES string of the molecule is COc1cc(CN(C)[C@H](C)C(N)=O)ccc1OCc1ccccc1. The van der Waals surface area contributed by atoms with E-state index in [0.717, 1.165) is 11.1 Å². The van der Waals surface area contributed by atoms with E-state index in [0.29, 0.717) is 24.7 Å². The topological polar surface area (TPSA) is 64.8 Å². The van der Waals surface area contributed by atoms with Crippen LogP contribution in [0.4, 0.5) is 0 Å². The van der Waals surface area contributed by atoms with E-state index >= 15 is 0 Å². The van der Waals surface area contributed by atoms with Crippen LogP contribution in [-0.2, 0) is 17.9 Å². The van der Waals surface area contributed by atoms with Crippen molar-refractivity contribution in [2.45, 2.75) is 26.1 Å². The third kappa shape index (κ3) is 4.73. The number of hydrogen-bond acceptors (Lipinski definition) is 4. The van der Waals surface area contributed by atoms with Crippen LogP contribution in [0.2, 0.25) is 0 Å². The summed E-state index contributed by atoms with van der Waals surface area (Å²) >= 11 is 0. The van der Waals surface area contributed by atoms with Crippen molar-refractivity contribution in [3.8, 4) is 11.5 Å². The van der Waals surface area contributed by atoms with E-state index in [2.05, 4.69) is 0 Å². The van der Waals surface area contributed by atoms with Gasteiger partial charge in [-0.2, -0.15) is 0 Å². The molecule has 0 saturated carbocycles.